The van der Waals surface area contributed by atoms with Crippen molar-refractivity contribution in [3.63, 3.8) is 0 Å². The molecule has 3 fully saturated rings. The van der Waals surface area contributed by atoms with Crippen LogP contribution in [-0.4, -0.2) is 53.0 Å². The molecule has 2 N–H and O–H groups in total. The Labute approximate surface area is 241 Å². The first-order valence-corrected chi connectivity index (χ1v) is 14.8. The first kappa shape index (κ1) is 26.5. The number of hydrogen-bond donors (Lipinski definition) is 2. The summed E-state index contributed by atoms with van der Waals surface area (Å²) in [6.07, 6.45) is 8.81. The van der Waals surface area contributed by atoms with Crippen molar-refractivity contribution < 1.29 is 19.1 Å². The van der Waals surface area contributed by atoms with Crippen LogP contribution in [0.2, 0.25) is 5.02 Å². The van der Waals surface area contributed by atoms with Crippen LogP contribution in [0.1, 0.15) is 37.7 Å². The molecule has 6 rings (SSSR count). The summed E-state index contributed by atoms with van der Waals surface area (Å²) in [5, 5.41) is 6.80. The SMILES string of the molecule is O=C(Nc1ccc(Br)cc1)C1C2C=CC3(O2)C1C(=O)N(CCc1ccccc1Cl)C3C(=O)NC1CCCCC1. The second kappa shape index (κ2) is 10.7. The van der Waals surface area contributed by atoms with E-state index in [0.717, 1.165) is 35.7 Å². The third-order valence-corrected chi connectivity index (χ3v) is 9.47. The van der Waals surface area contributed by atoms with Crippen LogP contribution in [0.25, 0.3) is 0 Å². The normalized spacial score (nSPS) is 29.5. The van der Waals surface area contributed by atoms with Crippen LogP contribution in [0.5, 0.6) is 0 Å². The van der Waals surface area contributed by atoms with Gasteiger partial charge in [-0.1, -0.05) is 77.1 Å². The van der Waals surface area contributed by atoms with Gasteiger partial charge < -0.3 is 20.3 Å². The highest BCUT2D eigenvalue weighted by Crippen LogP contribution is 2.55. The molecule has 5 unspecified atom stereocenters. The summed E-state index contributed by atoms with van der Waals surface area (Å²) in [5.74, 6) is -2.24. The third-order valence-electron chi connectivity index (χ3n) is 8.57. The number of carbonyl (C=O) groups is 3. The molecule has 5 atom stereocenters. The minimum absolute atomic E-state index is 0.0845. The molecule has 1 aliphatic carbocycles. The standard InChI is InChI=1S/C30H31BrClN3O4/c31-19-10-12-21(13-11-19)33-27(36)24-23-14-16-30(39-23)25(24)29(38)35(17-15-18-6-4-5-9-22(18)32)26(30)28(37)34-20-7-2-1-3-8-20/h4-6,9-14,16,20,23-26H,1-3,7-8,15,17H2,(H,33,36)(H,34,37). The van der Waals surface area contributed by atoms with Crippen LogP contribution in [0.4, 0.5) is 5.69 Å². The number of nitrogens with zero attached hydrogens (tertiary/aromatic N) is 1. The van der Waals surface area contributed by atoms with Crippen molar-refractivity contribution in [2.45, 2.75) is 62.3 Å². The van der Waals surface area contributed by atoms with Gasteiger partial charge in [-0.3, -0.25) is 14.4 Å². The zero-order chi connectivity index (χ0) is 27.1. The van der Waals surface area contributed by atoms with E-state index in [4.69, 9.17) is 16.3 Å². The summed E-state index contributed by atoms with van der Waals surface area (Å²) in [6, 6.07) is 14.0. The molecule has 39 heavy (non-hydrogen) atoms. The maximum atomic E-state index is 14.1. The Kier molecular flexibility index (Phi) is 7.29. The molecule has 3 amide bonds. The number of benzene rings is 2. The molecule has 2 bridgehead atoms. The molecule has 2 aromatic rings. The molecule has 2 saturated heterocycles. The van der Waals surface area contributed by atoms with E-state index in [1.807, 2.05) is 48.6 Å². The van der Waals surface area contributed by atoms with Gasteiger partial charge in [0, 0.05) is 27.8 Å². The molecule has 204 valence electrons. The second-order valence-corrected chi connectivity index (χ2v) is 12.2. The van der Waals surface area contributed by atoms with E-state index in [1.54, 1.807) is 17.0 Å². The van der Waals surface area contributed by atoms with Crippen LogP contribution in [-0.2, 0) is 25.5 Å². The highest BCUT2D eigenvalue weighted by Gasteiger charge is 2.72. The maximum Gasteiger partial charge on any atom is 0.246 e. The summed E-state index contributed by atoms with van der Waals surface area (Å²) in [6.45, 7) is 0.298. The molecule has 1 saturated carbocycles. The molecule has 7 nitrogen and oxygen atoms in total. The number of anilines is 1. The van der Waals surface area contributed by atoms with E-state index in [0.29, 0.717) is 23.7 Å². The summed E-state index contributed by atoms with van der Waals surface area (Å²) in [5.41, 5.74) is 0.359. The number of likely N-dealkylation sites (tertiary alicyclic amines) is 1. The third kappa shape index (κ3) is 4.81. The molecule has 0 radical (unpaired) electrons. The van der Waals surface area contributed by atoms with E-state index >= 15 is 0 Å². The minimum atomic E-state index is -1.18. The predicted molar refractivity (Wildman–Crippen MR) is 152 cm³/mol. The Morgan fingerprint density at radius 3 is 2.54 bits per heavy atom. The average molecular weight is 613 g/mol. The first-order valence-electron chi connectivity index (χ1n) is 13.7. The fraction of sp³-hybridized carbons (Fsp3) is 0.433. The monoisotopic (exact) mass is 611 g/mol. The molecule has 3 aliphatic heterocycles. The second-order valence-electron chi connectivity index (χ2n) is 10.9. The van der Waals surface area contributed by atoms with E-state index in [-0.39, 0.29) is 23.8 Å². The van der Waals surface area contributed by atoms with E-state index in [1.165, 1.54) is 6.42 Å². The summed E-state index contributed by atoms with van der Waals surface area (Å²) >= 11 is 9.82. The van der Waals surface area contributed by atoms with Gasteiger partial charge in [0.25, 0.3) is 0 Å². The van der Waals surface area contributed by atoms with Crippen molar-refractivity contribution in [2.75, 3.05) is 11.9 Å². The number of ether oxygens (including phenoxy) is 1. The number of amides is 3. The molecular formula is C30H31BrClN3O4. The van der Waals surface area contributed by atoms with Gasteiger partial charge in [-0.2, -0.15) is 0 Å². The fourth-order valence-corrected chi connectivity index (χ4v) is 7.23. The Balaban J connectivity index is 1.29. The fourth-order valence-electron chi connectivity index (χ4n) is 6.74. The van der Waals surface area contributed by atoms with Gasteiger partial charge in [-0.25, -0.2) is 0 Å². The lowest BCUT2D eigenvalue weighted by Gasteiger charge is -2.34. The van der Waals surface area contributed by atoms with Gasteiger partial charge >= 0.3 is 0 Å². The lowest BCUT2D eigenvalue weighted by atomic mass is 9.74. The van der Waals surface area contributed by atoms with Crippen molar-refractivity contribution in [2.24, 2.45) is 11.8 Å². The van der Waals surface area contributed by atoms with Gasteiger partial charge in [0.2, 0.25) is 17.7 Å². The van der Waals surface area contributed by atoms with Crippen LogP contribution < -0.4 is 10.6 Å². The average Bonchev–Trinajstić information content (AvgIpc) is 3.57. The van der Waals surface area contributed by atoms with E-state index in [2.05, 4.69) is 26.6 Å². The molecule has 9 heteroatoms. The molecule has 4 aliphatic rings. The van der Waals surface area contributed by atoms with Crippen LogP contribution in [0.15, 0.2) is 65.2 Å². The number of carbonyl (C=O) groups excluding carboxylic acids is 3. The zero-order valence-electron chi connectivity index (χ0n) is 21.4. The molecule has 1 spiro atoms. The van der Waals surface area contributed by atoms with Crippen LogP contribution >= 0.6 is 27.5 Å². The van der Waals surface area contributed by atoms with Gasteiger partial charge in [0.05, 0.1) is 17.9 Å². The maximum absolute atomic E-state index is 14.1. The molecule has 0 aromatic heterocycles. The van der Waals surface area contributed by atoms with Gasteiger partial charge in [-0.05, 0) is 55.2 Å². The highest BCUT2D eigenvalue weighted by molar-refractivity contribution is 9.10. The minimum Gasteiger partial charge on any atom is -0.359 e. The Morgan fingerprint density at radius 1 is 1.05 bits per heavy atom. The first-order chi connectivity index (χ1) is 18.9. The summed E-state index contributed by atoms with van der Waals surface area (Å²) in [4.78, 5) is 43.2. The lowest BCUT2D eigenvalue weighted by molar-refractivity contribution is -0.141. The quantitative estimate of drug-likeness (QED) is 0.437. The van der Waals surface area contributed by atoms with Gasteiger partial charge in [0.15, 0.2) is 0 Å². The summed E-state index contributed by atoms with van der Waals surface area (Å²) < 4.78 is 7.35. The van der Waals surface area contributed by atoms with Gasteiger partial charge in [-0.15, -0.1) is 0 Å². The molecule has 2 aromatic carbocycles. The topological polar surface area (TPSA) is 87.7 Å². The number of halogens is 2. The highest BCUT2D eigenvalue weighted by atomic mass is 79.9. The van der Waals surface area contributed by atoms with Crippen molar-refractivity contribution in [3.05, 3.63) is 75.7 Å². The smallest absolute Gasteiger partial charge is 0.246 e. The number of fused-ring (bicyclic) bond motifs is 1. The number of hydrogen-bond acceptors (Lipinski definition) is 4. The van der Waals surface area contributed by atoms with E-state index in [9.17, 15) is 14.4 Å². The van der Waals surface area contributed by atoms with E-state index < -0.39 is 29.6 Å². The zero-order valence-corrected chi connectivity index (χ0v) is 23.8. The van der Waals surface area contributed by atoms with Crippen LogP contribution in [0.3, 0.4) is 0 Å². The van der Waals surface area contributed by atoms with Crippen molar-refractivity contribution in [1.82, 2.24) is 10.2 Å². The van der Waals surface area contributed by atoms with Crippen molar-refractivity contribution in [3.8, 4) is 0 Å². The largest absolute Gasteiger partial charge is 0.359 e. The molecule has 3 heterocycles. The number of nitrogens with one attached hydrogen (secondary N) is 2. The Bertz CT molecular complexity index is 1310. The van der Waals surface area contributed by atoms with Crippen molar-refractivity contribution in [1.29, 1.82) is 0 Å². The van der Waals surface area contributed by atoms with Gasteiger partial charge in [0.1, 0.15) is 11.6 Å². The van der Waals surface area contributed by atoms with Crippen molar-refractivity contribution >= 4 is 50.9 Å². The summed E-state index contributed by atoms with van der Waals surface area (Å²) in [7, 11) is 0. The Morgan fingerprint density at radius 2 is 1.79 bits per heavy atom. The molecular weight excluding hydrogens is 582 g/mol. The lowest BCUT2D eigenvalue weighted by Crippen LogP contribution is -2.56. The Hall–Kier alpha value is -2.68. The number of rotatable bonds is 7. The van der Waals surface area contributed by atoms with Crippen LogP contribution in [0, 0.1) is 11.8 Å². The predicted octanol–water partition coefficient (Wildman–Crippen LogP) is 4.88.